The van der Waals surface area contributed by atoms with E-state index in [0.717, 1.165) is 14.7 Å². The van der Waals surface area contributed by atoms with Crippen molar-refractivity contribution in [2.75, 3.05) is 12.4 Å². The van der Waals surface area contributed by atoms with Crippen LogP contribution in [0.2, 0.25) is 0 Å². The predicted molar refractivity (Wildman–Crippen MR) is 141 cm³/mol. The first kappa shape index (κ1) is 25.7. The van der Waals surface area contributed by atoms with E-state index >= 15 is 0 Å². The number of halogens is 1. The van der Waals surface area contributed by atoms with E-state index in [1.807, 2.05) is 37.3 Å². The Morgan fingerprint density at radius 1 is 1.11 bits per heavy atom. The van der Waals surface area contributed by atoms with Gasteiger partial charge in [0.25, 0.3) is 0 Å². The summed E-state index contributed by atoms with van der Waals surface area (Å²) in [5, 5.41) is 15.9. The molecule has 3 aromatic rings. The van der Waals surface area contributed by atoms with Gasteiger partial charge in [0.2, 0.25) is 11.8 Å². The number of methoxy groups -OCH3 is 1. The van der Waals surface area contributed by atoms with Gasteiger partial charge in [-0.1, -0.05) is 35.9 Å². The highest BCUT2D eigenvalue weighted by Crippen LogP contribution is 2.34. The second-order valence-electron chi connectivity index (χ2n) is 7.48. The molecule has 0 saturated carbocycles. The van der Waals surface area contributed by atoms with E-state index < -0.39 is 11.8 Å². The summed E-state index contributed by atoms with van der Waals surface area (Å²) in [6.07, 6.45) is 1.10. The number of benzene rings is 3. The smallest absolute Gasteiger partial charge is 0.249 e. The molecular weight excluding hydrogens is 559 g/mol. The standard InChI is InChI=1S/C26H23IN4O4/c1-17-7-9-21(10-8-17)30-24(32)13-25(33)31-29-15-18-11-22(27)26(23(12-18)34-2)35-16-20-6-4-3-5-19(20)14-28/h3-12,15H,13,16H2,1-2H3,(H,30,32)(H,31,33). The Bertz CT molecular complexity index is 1280. The summed E-state index contributed by atoms with van der Waals surface area (Å²) in [4.78, 5) is 24.1. The highest BCUT2D eigenvalue weighted by molar-refractivity contribution is 14.1. The van der Waals surface area contributed by atoms with Crippen molar-refractivity contribution >= 4 is 46.3 Å². The van der Waals surface area contributed by atoms with Crippen LogP contribution in [0, 0.1) is 21.8 Å². The van der Waals surface area contributed by atoms with Crippen LogP contribution in [-0.4, -0.2) is 25.1 Å². The maximum absolute atomic E-state index is 12.0. The number of anilines is 1. The fraction of sp³-hybridized carbons (Fsp3) is 0.154. The first-order valence-corrected chi connectivity index (χ1v) is 11.6. The number of aryl methyl sites for hydroxylation is 1. The average Bonchev–Trinajstić information content (AvgIpc) is 2.84. The molecule has 8 nitrogen and oxygen atoms in total. The molecule has 0 spiro atoms. The molecule has 2 N–H and O–H groups in total. The monoisotopic (exact) mass is 582 g/mol. The molecule has 0 saturated heterocycles. The molecule has 35 heavy (non-hydrogen) atoms. The molecule has 0 unspecified atom stereocenters. The van der Waals surface area contributed by atoms with E-state index in [9.17, 15) is 14.9 Å². The van der Waals surface area contributed by atoms with Crippen LogP contribution in [0.4, 0.5) is 5.69 Å². The van der Waals surface area contributed by atoms with Crippen LogP contribution < -0.4 is 20.2 Å². The van der Waals surface area contributed by atoms with Gasteiger partial charge in [0, 0.05) is 11.3 Å². The highest BCUT2D eigenvalue weighted by atomic mass is 127. The zero-order valence-electron chi connectivity index (χ0n) is 19.2. The van der Waals surface area contributed by atoms with Crippen molar-refractivity contribution in [1.29, 1.82) is 5.26 Å². The minimum Gasteiger partial charge on any atom is -0.493 e. The molecular formula is C26H23IN4O4. The lowest BCUT2D eigenvalue weighted by molar-refractivity contribution is -0.126. The molecule has 0 radical (unpaired) electrons. The molecule has 0 atom stereocenters. The number of hydrogen-bond acceptors (Lipinski definition) is 6. The zero-order valence-corrected chi connectivity index (χ0v) is 21.3. The Balaban J connectivity index is 1.58. The number of nitrogens with zero attached hydrogens (tertiary/aromatic N) is 2. The minimum atomic E-state index is -0.538. The number of nitriles is 1. The third-order valence-electron chi connectivity index (χ3n) is 4.82. The van der Waals surface area contributed by atoms with Gasteiger partial charge in [-0.2, -0.15) is 10.4 Å². The summed E-state index contributed by atoms with van der Waals surface area (Å²) >= 11 is 2.12. The molecule has 0 aliphatic rings. The predicted octanol–water partition coefficient (Wildman–Crippen LogP) is 4.54. The molecule has 178 valence electrons. The van der Waals surface area contributed by atoms with Crippen molar-refractivity contribution < 1.29 is 19.1 Å². The van der Waals surface area contributed by atoms with E-state index in [-0.39, 0.29) is 13.0 Å². The molecule has 0 aliphatic heterocycles. The van der Waals surface area contributed by atoms with Gasteiger partial charge < -0.3 is 14.8 Å². The van der Waals surface area contributed by atoms with Crippen LogP contribution in [0.3, 0.4) is 0 Å². The third-order valence-corrected chi connectivity index (χ3v) is 5.62. The fourth-order valence-electron chi connectivity index (χ4n) is 3.07. The van der Waals surface area contributed by atoms with Crippen molar-refractivity contribution in [2.45, 2.75) is 20.0 Å². The van der Waals surface area contributed by atoms with Gasteiger partial charge in [0.15, 0.2) is 11.5 Å². The molecule has 0 aromatic heterocycles. The largest absolute Gasteiger partial charge is 0.493 e. The fourth-order valence-corrected chi connectivity index (χ4v) is 3.85. The van der Waals surface area contributed by atoms with E-state index in [4.69, 9.17) is 9.47 Å². The molecule has 0 aliphatic carbocycles. The van der Waals surface area contributed by atoms with Crippen LogP contribution in [0.15, 0.2) is 65.8 Å². The summed E-state index contributed by atoms with van der Waals surface area (Å²) < 4.78 is 12.2. The first-order chi connectivity index (χ1) is 16.9. The van der Waals surface area contributed by atoms with Crippen molar-refractivity contribution in [3.63, 3.8) is 0 Å². The number of hydrogen-bond donors (Lipinski definition) is 2. The molecule has 0 fully saturated rings. The van der Waals surface area contributed by atoms with E-state index in [0.29, 0.717) is 28.3 Å². The number of ether oxygens (including phenoxy) is 2. The molecule has 3 aromatic carbocycles. The molecule has 0 bridgehead atoms. The summed E-state index contributed by atoms with van der Waals surface area (Å²) in [6.45, 7) is 2.16. The first-order valence-electron chi connectivity index (χ1n) is 10.6. The normalized spacial score (nSPS) is 10.5. The van der Waals surface area contributed by atoms with Crippen LogP contribution in [0.5, 0.6) is 11.5 Å². The van der Waals surface area contributed by atoms with E-state index in [1.54, 1.807) is 30.3 Å². The topological polar surface area (TPSA) is 113 Å². The number of nitrogens with one attached hydrogen (secondary N) is 2. The number of carbonyl (C=O) groups is 2. The zero-order chi connectivity index (χ0) is 25.2. The molecule has 3 rings (SSSR count). The molecule has 2 amide bonds. The number of amides is 2. The maximum atomic E-state index is 12.0. The Hall–Kier alpha value is -3.91. The van der Waals surface area contributed by atoms with Crippen LogP contribution in [0.25, 0.3) is 0 Å². The Kier molecular flexibility index (Phi) is 9.20. The lowest BCUT2D eigenvalue weighted by Gasteiger charge is -2.14. The number of rotatable bonds is 9. The van der Waals surface area contributed by atoms with Gasteiger partial charge >= 0.3 is 0 Å². The minimum absolute atomic E-state index is 0.213. The van der Waals surface area contributed by atoms with Gasteiger partial charge in [-0.3, -0.25) is 9.59 Å². The number of carbonyl (C=O) groups excluding carboxylic acids is 2. The molecule has 0 heterocycles. The van der Waals surface area contributed by atoms with Crippen molar-refractivity contribution in [2.24, 2.45) is 5.10 Å². The SMILES string of the molecule is COc1cc(C=NNC(=O)CC(=O)Nc2ccc(C)cc2)cc(I)c1OCc1ccccc1C#N. The Morgan fingerprint density at radius 3 is 2.57 bits per heavy atom. The summed E-state index contributed by atoms with van der Waals surface area (Å²) in [5.41, 5.74) is 6.04. The van der Waals surface area contributed by atoms with Gasteiger partial charge in [-0.15, -0.1) is 0 Å². The van der Waals surface area contributed by atoms with Crippen LogP contribution in [0.1, 0.15) is 28.7 Å². The lowest BCUT2D eigenvalue weighted by atomic mass is 10.1. The van der Waals surface area contributed by atoms with Gasteiger partial charge in [0.1, 0.15) is 13.0 Å². The van der Waals surface area contributed by atoms with Crippen LogP contribution in [-0.2, 0) is 16.2 Å². The lowest BCUT2D eigenvalue weighted by Crippen LogP contribution is -2.24. The van der Waals surface area contributed by atoms with Gasteiger partial charge in [-0.25, -0.2) is 5.43 Å². The van der Waals surface area contributed by atoms with Crippen molar-refractivity contribution in [3.8, 4) is 17.6 Å². The quantitative estimate of drug-likeness (QED) is 0.167. The van der Waals surface area contributed by atoms with Gasteiger partial charge in [-0.05, 0) is 65.4 Å². The Labute approximate surface area is 217 Å². The summed E-state index contributed by atoms with van der Waals surface area (Å²) in [5.74, 6) is 0.0484. The second-order valence-corrected chi connectivity index (χ2v) is 8.64. The van der Waals surface area contributed by atoms with Crippen molar-refractivity contribution in [1.82, 2.24) is 5.43 Å². The maximum Gasteiger partial charge on any atom is 0.249 e. The second kappa shape index (κ2) is 12.5. The number of hydrazone groups is 1. The third kappa shape index (κ3) is 7.55. The average molecular weight is 582 g/mol. The summed E-state index contributed by atoms with van der Waals surface area (Å²) in [7, 11) is 1.52. The van der Waals surface area contributed by atoms with E-state index in [1.165, 1.54) is 13.3 Å². The van der Waals surface area contributed by atoms with Crippen LogP contribution >= 0.6 is 22.6 Å². The van der Waals surface area contributed by atoms with Gasteiger partial charge in [0.05, 0.1) is 28.5 Å². The molecule has 9 heteroatoms. The van der Waals surface area contributed by atoms with E-state index in [2.05, 4.69) is 44.5 Å². The highest BCUT2D eigenvalue weighted by Gasteiger charge is 2.13. The Morgan fingerprint density at radius 2 is 1.86 bits per heavy atom. The van der Waals surface area contributed by atoms with Crippen molar-refractivity contribution in [3.05, 3.63) is 86.5 Å². The summed E-state index contributed by atoms with van der Waals surface area (Å²) in [6, 6.07) is 20.2.